The van der Waals surface area contributed by atoms with Crippen LogP contribution in [0.4, 0.5) is 11.5 Å². The summed E-state index contributed by atoms with van der Waals surface area (Å²) < 4.78 is 7.08. The minimum atomic E-state index is -0.518. The van der Waals surface area contributed by atoms with Crippen molar-refractivity contribution in [1.29, 1.82) is 0 Å². The molecule has 2 aromatic heterocycles. The maximum atomic E-state index is 12.5. The van der Waals surface area contributed by atoms with Crippen molar-refractivity contribution in [3.63, 3.8) is 0 Å². The third kappa shape index (κ3) is 4.00. The molecule has 0 spiro atoms. The molecule has 134 valence electrons. The SMILES string of the molecule is CCOC(=O)C(Cc1ccc(N)nc1)c1cn(-c2ccc(N)cc2)cn1. The Balaban J connectivity index is 1.88. The third-order valence-corrected chi connectivity index (χ3v) is 4.01. The molecule has 0 aliphatic carbocycles. The van der Waals surface area contributed by atoms with Gasteiger partial charge in [-0.05, 0) is 49.2 Å². The van der Waals surface area contributed by atoms with Gasteiger partial charge in [0.05, 0.1) is 18.6 Å². The fourth-order valence-electron chi connectivity index (χ4n) is 2.65. The molecule has 0 aliphatic heterocycles. The van der Waals surface area contributed by atoms with Crippen LogP contribution in [0.25, 0.3) is 5.69 Å². The number of esters is 1. The van der Waals surface area contributed by atoms with E-state index in [0.29, 0.717) is 30.2 Å². The lowest BCUT2D eigenvalue weighted by Gasteiger charge is -2.13. The van der Waals surface area contributed by atoms with Crippen LogP contribution in [0, 0.1) is 0 Å². The van der Waals surface area contributed by atoms with E-state index >= 15 is 0 Å². The molecule has 7 heteroatoms. The molecule has 0 saturated heterocycles. The van der Waals surface area contributed by atoms with E-state index in [1.54, 1.807) is 25.5 Å². The van der Waals surface area contributed by atoms with Crippen LogP contribution in [0.1, 0.15) is 24.1 Å². The van der Waals surface area contributed by atoms with Gasteiger partial charge in [-0.25, -0.2) is 9.97 Å². The van der Waals surface area contributed by atoms with E-state index in [9.17, 15) is 4.79 Å². The Kier molecular flexibility index (Phi) is 5.17. The normalized spacial score (nSPS) is 11.9. The van der Waals surface area contributed by atoms with Gasteiger partial charge >= 0.3 is 5.97 Å². The summed E-state index contributed by atoms with van der Waals surface area (Å²) in [4.78, 5) is 21.0. The number of carbonyl (C=O) groups is 1. The van der Waals surface area contributed by atoms with Crippen molar-refractivity contribution in [2.75, 3.05) is 18.1 Å². The van der Waals surface area contributed by atoms with E-state index in [-0.39, 0.29) is 5.97 Å². The highest BCUT2D eigenvalue weighted by Crippen LogP contribution is 2.23. The summed E-state index contributed by atoms with van der Waals surface area (Å²) in [5.74, 6) is -0.392. The Morgan fingerprint density at radius 1 is 1.15 bits per heavy atom. The van der Waals surface area contributed by atoms with E-state index in [0.717, 1.165) is 11.3 Å². The highest BCUT2D eigenvalue weighted by Gasteiger charge is 2.25. The smallest absolute Gasteiger partial charge is 0.315 e. The molecular weight excluding hydrogens is 330 g/mol. The summed E-state index contributed by atoms with van der Waals surface area (Å²) in [6.45, 7) is 2.10. The zero-order valence-corrected chi connectivity index (χ0v) is 14.5. The van der Waals surface area contributed by atoms with Crippen LogP contribution in [0.5, 0.6) is 0 Å². The number of benzene rings is 1. The molecule has 0 radical (unpaired) electrons. The van der Waals surface area contributed by atoms with Gasteiger partial charge in [0.25, 0.3) is 0 Å². The molecule has 0 fully saturated rings. The quantitative estimate of drug-likeness (QED) is 0.521. The maximum Gasteiger partial charge on any atom is 0.315 e. The molecule has 0 aliphatic rings. The third-order valence-electron chi connectivity index (χ3n) is 4.01. The summed E-state index contributed by atoms with van der Waals surface area (Å²) >= 11 is 0. The monoisotopic (exact) mass is 351 g/mol. The van der Waals surface area contributed by atoms with Crippen LogP contribution in [-0.2, 0) is 16.0 Å². The van der Waals surface area contributed by atoms with Gasteiger partial charge < -0.3 is 20.8 Å². The predicted octanol–water partition coefficient (Wildman–Crippen LogP) is 2.32. The van der Waals surface area contributed by atoms with Gasteiger partial charge in [0, 0.05) is 23.8 Å². The Hall–Kier alpha value is -3.35. The second-order valence-electron chi connectivity index (χ2n) is 5.90. The lowest BCUT2D eigenvalue weighted by Crippen LogP contribution is -2.19. The summed E-state index contributed by atoms with van der Waals surface area (Å²) in [7, 11) is 0. The first-order valence-electron chi connectivity index (χ1n) is 8.33. The van der Waals surface area contributed by atoms with Crippen molar-refractivity contribution in [2.45, 2.75) is 19.3 Å². The molecule has 3 rings (SSSR count). The Labute approximate surface area is 151 Å². The zero-order chi connectivity index (χ0) is 18.5. The number of nitrogens with two attached hydrogens (primary N) is 2. The molecular formula is C19H21N5O2. The van der Waals surface area contributed by atoms with Gasteiger partial charge in [0.15, 0.2) is 0 Å². The van der Waals surface area contributed by atoms with E-state index in [4.69, 9.17) is 16.2 Å². The van der Waals surface area contributed by atoms with Gasteiger partial charge in [-0.2, -0.15) is 0 Å². The number of aromatic nitrogens is 3. The fourth-order valence-corrected chi connectivity index (χ4v) is 2.65. The number of anilines is 2. The average molecular weight is 351 g/mol. The fraction of sp³-hybridized carbons (Fsp3) is 0.211. The minimum Gasteiger partial charge on any atom is -0.465 e. The molecule has 26 heavy (non-hydrogen) atoms. The number of nitrogens with zero attached hydrogens (tertiary/aromatic N) is 3. The molecule has 3 aromatic rings. The molecule has 0 bridgehead atoms. The molecule has 0 saturated carbocycles. The first-order chi connectivity index (χ1) is 12.6. The van der Waals surface area contributed by atoms with Crippen molar-refractivity contribution in [3.05, 3.63) is 66.4 Å². The van der Waals surface area contributed by atoms with E-state index in [1.165, 1.54) is 0 Å². The Morgan fingerprint density at radius 2 is 1.92 bits per heavy atom. The molecule has 1 aromatic carbocycles. The van der Waals surface area contributed by atoms with E-state index in [2.05, 4.69) is 9.97 Å². The number of imidazole rings is 1. The van der Waals surface area contributed by atoms with Crippen LogP contribution in [-0.4, -0.2) is 27.1 Å². The number of nitrogen functional groups attached to an aromatic ring is 2. The standard InChI is InChI=1S/C19H21N5O2/c1-2-26-19(25)16(9-13-3-8-18(21)22-10-13)17-11-24(12-23-17)15-6-4-14(20)5-7-15/h3-8,10-12,16H,2,9,20H2,1H3,(H2,21,22). The summed E-state index contributed by atoms with van der Waals surface area (Å²) in [5.41, 5.74) is 14.5. The highest BCUT2D eigenvalue weighted by molar-refractivity contribution is 5.78. The Bertz CT molecular complexity index is 872. The van der Waals surface area contributed by atoms with Crippen LogP contribution in [0.3, 0.4) is 0 Å². The largest absolute Gasteiger partial charge is 0.465 e. The number of carbonyl (C=O) groups excluding carboxylic acids is 1. The second-order valence-corrected chi connectivity index (χ2v) is 5.90. The average Bonchev–Trinajstić information content (AvgIpc) is 3.11. The summed E-state index contributed by atoms with van der Waals surface area (Å²) in [6.07, 6.45) is 5.61. The Morgan fingerprint density at radius 3 is 2.58 bits per heavy atom. The van der Waals surface area contributed by atoms with Crippen molar-refractivity contribution >= 4 is 17.5 Å². The van der Waals surface area contributed by atoms with E-state index in [1.807, 2.05) is 41.1 Å². The van der Waals surface area contributed by atoms with Crippen LogP contribution < -0.4 is 11.5 Å². The summed E-state index contributed by atoms with van der Waals surface area (Å²) in [5, 5.41) is 0. The van der Waals surface area contributed by atoms with Crippen molar-refractivity contribution in [3.8, 4) is 5.69 Å². The van der Waals surface area contributed by atoms with Crippen LogP contribution in [0.2, 0.25) is 0 Å². The van der Waals surface area contributed by atoms with Crippen molar-refractivity contribution < 1.29 is 9.53 Å². The van der Waals surface area contributed by atoms with Gasteiger partial charge in [-0.3, -0.25) is 4.79 Å². The van der Waals surface area contributed by atoms with Crippen molar-refractivity contribution in [2.24, 2.45) is 0 Å². The number of rotatable bonds is 6. The molecule has 2 heterocycles. The van der Waals surface area contributed by atoms with Crippen LogP contribution >= 0.6 is 0 Å². The van der Waals surface area contributed by atoms with Gasteiger partial charge in [-0.15, -0.1) is 0 Å². The number of pyridine rings is 1. The molecule has 0 amide bonds. The number of hydrogen-bond acceptors (Lipinski definition) is 6. The topological polar surface area (TPSA) is 109 Å². The first kappa shape index (κ1) is 17.5. The van der Waals surface area contributed by atoms with Crippen LogP contribution in [0.15, 0.2) is 55.1 Å². The van der Waals surface area contributed by atoms with Gasteiger partial charge in [0.2, 0.25) is 0 Å². The van der Waals surface area contributed by atoms with Gasteiger partial charge in [0.1, 0.15) is 11.7 Å². The predicted molar refractivity (Wildman–Crippen MR) is 99.7 cm³/mol. The summed E-state index contributed by atoms with van der Waals surface area (Å²) in [6, 6.07) is 11.0. The zero-order valence-electron chi connectivity index (χ0n) is 14.5. The lowest BCUT2D eigenvalue weighted by atomic mass is 9.97. The molecule has 1 unspecified atom stereocenters. The lowest BCUT2D eigenvalue weighted by molar-refractivity contribution is -0.145. The van der Waals surface area contributed by atoms with Gasteiger partial charge in [-0.1, -0.05) is 6.07 Å². The molecule has 4 N–H and O–H groups in total. The van der Waals surface area contributed by atoms with E-state index < -0.39 is 5.92 Å². The minimum absolute atomic E-state index is 0.313. The number of ether oxygens (including phenoxy) is 1. The second kappa shape index (κ2) is 7.69. The first-order valence-corrected chi connectivity index (χ1v) is 8.33. The molecule has 1 atom stereocenters. The highest BCUT2D eigenvalue weighted by atomic mass is 16.5. The maximum absolute atomic E-state index is 12.5. The number of hydrogen-bond donors (Lipinski definition) is 2. The van der Waals surface area contributed by atoms with Crippen molar-refractivity contribution in [1.82, 2.24) is 14.5 Å². The molecule has 7 nitrogen and oxygen atoms in total.